The number of piperazine rings is 1. The monoisotopic (exact) mass is 309 g/mol. The molecule has 2 rings (SSSR count). The second-order valence-electron chi connectivity index (χ2n) is 4.77. The van der Waals surface area contributed by atoms with Crippen LogP contribution in [0.3, 0.4) is 0 Å². The zero-order valence-corrected chi connectivity index (χ0v) is 12.4. The molecule has 120 valence electrons. The summed E-state index contributed by atoms with van der Waals surface area (Å²) in [5, 5.41) is 11.1. The van der Waals surface area contributed by atoms with Crippen LogP contribution in [0, 0.1) is 0 Å². The average Bonchev–Trinajstić information content (AvgIpc) is 2.54. The average molecular weight is 309 g/mol. The van der Waals surface area contributed by atoms with Gasteiger partial charge >= 0.3 is 12.0 Å². The lowest BCUT2D eigenvalue weighted by Gasteiger charge is -2.35. The first kappa shape index (κ1) is 15.8. The van der Waals surface area contributed by atoms with Crippen molar-refractivity contribution in [3.05, 3.63) is 12.4 Å². The summed E-state index contributed by atoms with van der Waals surface area (Å²) in [6.45, 7) is 2.52. The number of amides is 2. The highest BCUT2D eigenvalue weighted by Gasteiger charge is 2.22. The van der Waals surface area contributed by atoms with E-state index < -0.39 is 5.97 Å². The minimum absolute atomic E-state index is 0.0769. The molecule has 1 aliphatic heterocycles. The van der Waals surface area contributed by atoms with Gasteiger partial charge in [-0.15, -0.1) is 0 Å². The number of aromatic nitrogens is 2. The molecule has 0 unspecified atom stereocenters. The highest BCUT2D eigenvalue weighted by molar-refractivity contribution is 5.75. The number of nitrogens with zero attached hydrogens (tertiary/aromatic N) is 4. The molecule has 0 atom stereocenters. The smallest absolute Gasteiger partial charge is 0.317 e. The van der Waals surface area contributed by atoms with Gasteiger partial charge in [0.1, 0.15) is 12.1 Å². The summed E-state index contributed by atoms with van der Waals surface area (Å²) in [5.41, 5.74) is 0. The van der Waals surface area contributed by atoms with Crippen molar-refractivity contribution < 1.29 is 19.4 Å². The van der Waals surface area contributed by atoms with E-state index in [-0.39, 0.29) is 19.0 Å². The zero-order valence-electron chi connectivity index (χ0n) is 12.4. The number of methoxy groups -OCH3 is 1. The first-order valence-corrected chi connectivity index (χ1v) is 6.95. The maximum Gasteiger partial charge on any atom is 0.317 e. The molecule has 2 heterocycles. The molecule has 0 bridgehead atoms. The van der Waals surface area contributed by atoms with Crippen LogP contribution in [0.15, 0.2) is 12.4 Å². The Morgan fingerprint density at radius 2 is 2.05 bits per heavy atom. The first-order chi connectivity index (χ1) is 10.6. The van der Waals surface area contributed by atoms with Crippen LogP contribution in [0.5, 0.6) is 5.88 Å². The molecule has 1 aromatic rings. The molecule has 9 heteroatoms. The summed E-state index contributed by atoms with van der Waals surface area (Å²) >= 11 is 0. The van der Waals surface area contributed by atoms with Crippen molar-refractivity contribution in [3.8, 4) is 5.88 Å². The summed E-state index contributed by atoms with van der Waals surface area (Å²) in [6.07, 6.45) is 1.37. The fourth-order valence-corrected chi connectivity index (χ4v) is 2.14. The highest BCUT2D eigenvalue weighted by atomic mass is 16.5. The lowest BCUT2D eigenvalue weighted by molar-refractivity contribution is -0.136. The van der Waals surface area contributed by atoms with Gasteiger partial charge in [-0.1, -0.05) is 0 Å². The van der Waals surface area contributed by atoms with Gasteiger partial charge in [-0.2, -0.15) is 0 Å². The Morgan fingerprint density at radius 3 is 2.68 bits per heavy atom. The Bertz CT molecular complexity index is 531. The number of carboxylic acid groups (broad SMARTS) is 1. The molecule has 0 spiro atoms. The number of hydrogen-bond donors (Lipinski definition) is 2. The number of nitrogens with one attached hydrogen (secondary N) is 1. The highest BCUT2D eigenvalue weighted by Crippen LogP contribution is 2.17. The predicted octanol–water partition coefficient (Wildman–Crippen LogP) is -0.208. The molecule has 0 aliphatic carbocycles. The molecule has 1 saturated heterocycles. The SMILES string of the molecule is COc1cc(N2CCN(C(=O)NCCC(=O)O)CC2)ncn1. The minimum atomic E-state index is -0.928. The molecular weight excluding hydrogens is 290 g/mol. The Balaban J connectivity index is 1.82. The number of carbonyl (C=O) groups excluding carboxylic acids is 1. The van der Waals surface area contributed by atoms with Gasteiger partial charge in [0.25, 0.3) is 0 Å². The zero-order chi connectivity index (χ0) is 15.9. The minimum Gasteiger partial charge on any atom is -0.481 e. The quantitative estimate of drug-likeness (QED) is 0.775. The summed E-state index contributed by atoms with van der Waals surface area (Å²) in [7, 11) is 1.55. The van der Waals surface area contributed by atoms with E-state index in [0.717, 1.165) is 5.82 Å². The van der Waals surface area contributed by atoms with E-state index in [2.05, 4.69) is 15.3 Å². The van der Waals surface area contributed by atoms with E-state index in [1.807, 2.05) is 4.90 Å². The van der Waals surface area contributed by atoms with Gasteiger partial charge < -0.3 is 25.0 Å². The van der Waals surface area contributed by atoms with Crippen molar-refractivity contribution in [3.63, 3.8) is 0 Å². The summed E-state index contributed by atoms with van der Waals surface area (Å²) < 4.78 is 5.07. The van der Waals surface area contributed by atoms with Gasteiger partial charge in [0, 0.05) is 38.8 Å². The molecule has 2 amide bonds. The van der Waals surface area contributed by atoms with Crippen LogP contribution in [0.4, 0.5) is 10.6 Å². The summed E-state index contributed by atoms with van der Waals surface area (Å²) in [4.78, 5) is 34.2. The Kier molecular flexibility index (Phi) is 5.34. The van der Waals surface area contributed by atoms with Crippen molar-refractivity contribution in [2.75, 3.05) is 44.7 Å². The largest absolute Gasteiger partial charge is 0.481 e. The van der Waals surface area contributed by atoms with Gasteiger partial charge in [0.2, 0.25) is 5.88 Å². The Hall–Kier alpha value is -2.58. The molecule has 22 heavy (non-hydrogen) atoms. The number of rotatable bonds is 5. The lowest BCUT2D eigenvalue weighted by Crippen LogP contribution is -2.52. The number of hydrogen-bond acceptors (Lipinski definition) is 6. The van der Waals surface area contributed by atoms with Crippen molar-refractivity contribution >= 4 is 17.8 Å². The Morgan fingerprint density at radius 1 is 1.32 bits per heavy atom. The van der Waals surface area contributed by atoms with Crippen LogP contribution in [0.2, 0.25) is 0 Å². The topological polar surface area (TPSA) is 108 Å². The maximum absolute atomic E-state index is 11.9. The number of urea groups is 1. The van der Waals surface area contributed by atoms with Crippen LogP contribution in [-0.4, -0.2) is 71.8 Å². The van der Waals surface area contributed by atoms with Gasteiger partial charge in [-0.25, -0.2) is 14.8 Å². The van der Waals surface area contributed by atoms with Crippen LogP contribution >= 0.6 is 0 Å². The van der Waals surface area contributed by atoms with Crippen molar-refractivity contribution in [1.82, 2.24) is 20.2 Å². The van der Waals surface area contributed by atoms with E-state index in [9.17, 15) is 9.59 Å². The van der Waals surface area contributed by atoms with E-state index in [1.54, 1.807) is 18.1 Å². The molecule has 0 radical (unpaired) electrons. The van der Waals surface area contributed by atoms with Gasteiger partial charge in [0.15, 0.2) is 0 Å². The molecule has 2 N–H and O–H groups in total. The van der Waals surface area contributed by atoms with Crippen LogP contribution in [-0.2, 0) is 4.79 Å². The van der Waals surface area contributed by atoms with E-state index in [4.69, 9.17) is 9.84 Å². The number of aliphatic carboxylic acids is 1. The first-order valence-electron chi connectivity index (χ1n) is 6.95. The van der Waals surface area contributed by atoms with Crippen molar-refractivity contribution in [2.24, 2.45) is 0 Å². The van der Waals surface area contributed by atoms with E-state index in [0.29, 0.717) is 32.1 Å². The summed E-state index contributed by atoms with van der Waals surface area (Å²) in [5.74, 6) is 0.333. The van der Waals surface area contributed by atoms with Crippen LogP contribution < -0.4 is 15.0 Å². The fraction of sp³-hybridized carbons (Fsp3) is 0.538. The van der Waals surface area contributed by atoms with E-state index >= 15 is 0 Å². The molecule has 1 aromatic heterocycles. The van der Waals surface area contributed by atoms with E-state index in [1.165, 1.54) is 6.33 Å². The third-order valence-corrected chi connectivity index (χ3v) is 3.34. The lowest BCUT2D eigenvalue weighted by atomic mass is 10.3. The Labute approximate surface area is 127 Å². The molecule has 0 saturated carbocycles. The molecular formula is C13H19N5O4. The third kappa shape index (κ3) is 4.21. The standard InChI is InChI=1S/C13H19N5O4/c1-22-11-8-10(15-9-16-11)17-4-6-18(7-5-17)13(21)14-3-2-12(19)20/h8-9H,2-7H2,1H3,(H,14,21)(H,19,20). The number of ether oxygens (including phenoxy) is 1. The molecule has 0 aromatic carbocycles. The predicted molar refractivity (Wildman–Crippen MR) is 78.0 cm³/mol. The number of carbonyl (C=O) groups is 2. The van der Waals surface area contributed by atoms with Gasteiger partial charge in [-0.3, -0.25) is 4.79 Å². The summed E-state index contributed by atoms with van der Waals surface area (Å²) in [6, 6.07) is 1.52. The number of carboxylic acids is 1. The van der Waals surface area contributed by atoms with Crippen molar-refractivity contribution in [1.29, 1.82) is 0 Å². The normalized spacial score (nSPS) is 14.6. The molecule has 9 nitrogen and oxygen atoms in total. The fourth-order valence-electron chi connectivity index (χ4n) is 2.14. The van der Waals surface area contributed by atoms with Crippen LogP contribution in [0.25, 0.3) is 0 Å². The van der Waals surface area contributed by atoms with Gasteiger partial charge in [-0.05, 0) is 0 Å². The number of anilines is 1. The molecule has 1 aliphatic rings. The second kappa shape index (κ2) is 7.43. The van der Waals surface area contributed by atoms with Crippen LogP contribution in [0.1, 0.15) is 6.42 Å². The third-order valence-electron chi connectivity index (χ3n) is 3.34. The maximum atomic E-state index is 11.9. The molecule has 1 fully saturated rings. The van der Waals surface area contributed by atoms with Crippen molar-refractivity contribution in [2.45, 2.75) is 6.42 Å². The second-order valence-corrected chi connectivity index (χ2v) is 4.77. The van der Waals surface area contributed by atoms with Gasteiger partial charge in [0.05, 0.1) is 13.5 Å².